The number of imidazole rings is 1. The average Bonchev–Trinajstić information content (AvgIpc) is 3.10. The van der Waals surface area contributed by atoms with Crippen LogP contribution >= 0.6 is 11.3 Å². The number of anilines is 1. The van der Waals surface area contributed by atoms with Gasteiger partial charge < -0.3 is 10.1 Å². The molecule has 23 heavy (non-hydrogen) atoms. The zero-order valence-corrected chi connectivity index (χ0v) is 13.5. The summed E-state index contributed by atoms with van der Waals surface area (Å²) in [4.78, 5) is 28.9. The van der Waals surface area contributed by atoms with E-state index in [4.69, 9.17) is 4.74 Å². The lowest BCUT2D eigenvalue weighted by atomic mass is 10.3. The number of hydrogen-bond donors (Lipinski definition) is 1. The highest BCUT2D eigenvalue weighted by molar-refractivity contribution is 7.14. The highest BCUT2D eigenvalue weighted by atomic mass is 32.1. The minimum absolute atomic E-state index is 0.286. The van der Waals surface area contributed by atoms with Gasteiger partial charge in [0.25, 0.3) is 5.91 Å². The highest BCUT2D eigenvalue weighted by Gasteiger charge is 2.20. The molecular formula is C16H15N3O3S. The molecule has 3 rings (SSSR count). The summed E-state index contributed by atoms with van der Waals surface area (Å²) in [5.41, 5.74) is 2.13. The Bertz CT molecular complexity index is 882. The molecule has 0 aromatic carbocycles. The van der Waals surface area contributed by atoms with Crippen molar-refractivity contribution in [2.75, 3.05) is 11.9 Å². The number of hydrogen-bond acceptors (Lipinski definition) is 5. The third kappa shape index (κ3) is 2.83. The molecule has 0 saturated heterocycles. The number of esters is 1. The van der Waals surface area contributed by atoms with E-state index in [1.807, 2.05) is 18.2 Å². The first-order valence-electron chi connectivity index (χ1n) is 7.11. The standard InChI is InChI=1S/C16H15N3O3S/c1-3-22-16(21)11-7-9-23-15(11)18-14(20)13-10(2)17-12-6-4-5-8-19(12)13/h4-9H,3H2,1-2H3,(H,18,20). The molecule has 118 valence electrons. The van der Waals surface area contributed by atoms with Crippen LogP contribution in [0.4, 0.5) is 5.00 Å². The van der Waals surface area contributed by atoms with Gasteiger partial charge in [-0.2, -0.15) is 0 Å². The average molecular weight is 329 g/mol. The summed E-state index contributed by atoms with van der Waals surface area (Å²) in [5.74, 6) is -0.756. The Labute approximate surface area is 136 Å². The van der Waals surface area contributed by atoms with Crippen molar-refractivity contribution in [1.82, 2.24) is 9.38 Å². The molecule has 0 unspecified atom stereocenters. The largest absolute Gasteiger partial charge is 0.462 e. The zero-order chi connectivity index (χ0) is 16.4. The van der Waals surface area contributed by atoms with Gasteiger partial charge in [0, 0.05) is 6.20 Å². The van der Waals surface area contributed by atoms with Crippen molar-refractivity contribution in [2.24, 2.45) is 0 Å². The van der Waals surface area contributed by atoms with E-state index in [0.717, 1.165) is 0 Å². The maximum Gasteiger partial charge on any atom is 0.341 e. The predicted octanol–water partition coefficient (Wildman–Crippen LogP) is 3.13. The molecule has 0 bridgehead atoms. The number of fused-ring (bicyclic) bond motifs is 1. The summed E-state index contributed by atoms with van der Waals surface area (Å²) >= 11 is 1.28. The second-order valence-corrected chi connectivity index (χ2v) is 5.73. The first-order valence-corrected chi connectivity index (χ1v) is 7.99. The maximum absolute atomic E-state index is 12.6. The number of carbonyl (C=O) groups is 2. The Hall–Kier alpha value is -2.67. The smallest absolute Gasteiger partial charge is 0.341 e. The number of nitrogens with zero attached hydrogens (tertiary/aromatic N) is 2. The van der Waals surface area contributed by atoms with Gasteiger partial charge in [-0.1, -0.05) is 6.07 Å². The summed E-state index contributed by atoms with van der Waals surface area (Å²) in [6, 6.07) is 7.17. The number of rotatable bonds is 4. The van der Waals surface area contributed by atoms with Crippen LogP contribution in [0.1, 0.15) is 33.5 Å². The topological polar surface area (TPSA) is 72.7 Å². The summed E-state index contributed by atoms with van der Waals surface area (Å²) in [7, 11) is 0. The zero-order valence-electron chi connectivity index (χ0n) is 12.7. The molecule has 7 heteroatoms. The molecule has 0 aliphatic carbocycles. The fraction of sp³-hybridized carbons (Fsp3) is 0.188. The molecule has 3 aromatic heterocycles. The third-order valence-electron chi connectivity index (χ3n) is 3.31. The second kappa shape index (κ2) is 6.21. The van der Waals surface area contributed by atoms with E-state index < -0.39 is 5.97 Å². The minimum atomic E-state index is -0.445. The summed E-state index contributed by atoms with van der Waals surface area (Å²) in [6.07, 6.45) is 1.78. The summed E-state index contributed by atoms with van der Waals surface area (Å²) < 4.78 is 6.72. The molecule has 0 fully saturated rings. The van der Waals surface area contributed by atoms with Crippen LogP contribution in [0.5, 0.6) is 0 Å². The lowest BCUT2D eigenvalue weighted by molar-refractivity contribution is 0.0528. The number of ether oxygens (including phenoxy) is 1. The van der Waals surface area contributed by atoms with Crippen LogP contribution in [0.3, 0.4) is 0 Å². The fourth-order valence-electron chi connectivity index (χ4n) is 2.33. The monoisotopic (exact) mass is 329 g/mol. The van der Waals surface area contributed by atoms with Gasteiger partial charge in [-0.3, -0.25) is 9.20 Å². The van der Waals surface area contributed by atoms with Crippen LogP contribution in [-0.2, 0) is 4.74 Å². The van der Waals surface area contributed by atoms with E-state index in [1.54, 1.807) is 35.9 Å². The van der Waals surface area contributed by atoms with Gasteiger partial charge in [0.15, 0.2) is 0 Å². The number of carbonyl (C=O) groups excluding carboxylic acids is 2. The van der Waals surface area contributed by atoms with Crippen LogP contribution < -0.4 is 5.32 Å². The van der Waals surface area contributed by atoms with Gasteiger partial charge in [0.2, 0.25) is 0 Å². The predicted molar refractivity (Wildman–Crippen MR) is 88.2 cm³/mol. The van der Waals surface area contributed by atoms with Gasteiger partial charge in [-0.25, -0.2) is 9.78 Å². The second-order valence-electron chi connectivity index (χ2n) is 4.81. The minimum Gasteiger partial charge on any atom is -0.462 e. The fourth-order valence-corrected chi connectivity index (χ4v) is 3.10. The van der Waals surface area contributed by atoms with Gasteiger partial charge in [-0.15, -0.1) is 11.3 Å². The Morgan fingerprint density at radius 3 is 2.96 bits per heavy atom. The van der Waals surface area contributed by atoms with Crippen molar-refractivity contribution in [2.45, 2.75) is 13.8 Å². The van der Waals surface area contributed by atoms with Crippen molar-refractivity contribution in [3.8, 4) is 0 Å². The van der Waals surface area contributed by atoms with Crippen molar-refractivity contribution in [3.05, 3.63) is 52.8 Å². The number of aryl methyl sites for hydroxylation is 1. The van der Waals surface area contributed by atoms with E-state index in [0.29, 0.717) is 27.6 Å². The van der Waals surface area contributed by atoms with Crippen LogP contribution in [0.25, 0.3) is 5.65 Å². The molecule has 0 aliphatic heterocycles. The molecule has 0 atom stereocenters. The van der Waals surface area contributed by atoms with Crippen molar-refractivity contribution in [1.29, 1.82) is 0 Å². The highest BCUT2D eigenvalue weighted by Crippen LogP contribution is 2.25. The maximum atomic E-state index is 12.6. The van der Waals surface area contributed by atoms with E-state index in [-0.39, 0.29) is 12.5 Å². The number of pyridine rings is 1. The van der Waals surface area contributed by atoms with Gasteiger partial charge >= 0.3 is 5.97 Å². The van der Waals surface area contributed by atoms with E-state index in [9.17, 15) is 9.59 Å². The molecule has 3 heterocycles. The molecule has 6 nitrogen and oxygen atoms in total. The van der Waals surface area contributed by atoms with E-state index >= 15 is 0 Å². The first-order chi connectivity index (χ1) is 11.1. The Kier molecular flexibility index (Phi) is 4.12. The Morgan fingerprint density at radius 1 is 1.35 bits per heavy atom. The Morgan fingerprint density at radius 2 is 2.17 bits per heavy atom. The molecule has 0 spiro atoms. The lowest BCUT2D eigenvalue weighted by Crippen LogP contribution is -2.17. The quantitative estimate of drug-likeness (QED) is 0.746. The van der Waals surface area contributed by atoms with E-state index in [2.05, 4.69) is 10.3 Å². The number of nitrogens with one attached hydrogen (secondary N) is 1. The summed E-state index contributed by atoms with van der Waals surface area (Å²) in [6.45, 7) is 3.81. The van der Waals surface area contributed by atoms with Crippen LogP contribution in [0.15, 0.2) is 35.8 Å². The molecule has 0 aliphatic rings. The summed E-state index contributed by atoms with van der Waals surface area (Å²) in [5, 5.41) is 4.99. The first kappa shape index (κ1) is 15.2. The third-order valence-corrected chi connectivity index (χ3v) is 4.14. The van der Waals surface area contributed by atoms with Crippen molar-refractivity contribution < 1.29 is 14.3 Å². The molecule has 1 amide bonds. The van der Waals surface area contributed by atoms with Gasteiger partial charge in [-0.05, 0) is 37.4 Å². The van der Waals surface area contributed by atoms with Gasteiger partial charge in [0.05, 0.1) is 17.9 Å². The van der Waals surface area contributed by atoms with Crippen LogP contribution in [0.2, 0.25) is 0 Å². The normalized spacial score (nSPS) is 10.7. The molecule has 0 radical (unpaired) electrons. The number of aromatic nitrogens is 2. The van der Waals surface area contributed by atoms with Gasteiger partial charge in [0.1, 0.15) is 16.3 Å². The number of thiophene rings is 1. The van der Waals surface area contributed by atoms with Crippen molar-refractivity contribution in [3.63, 3.8) is 0 Å². The molecule has 3 aromatic rings. The SMILES string of the molecule is CCOC(=O)c1ccsc1NC(=O)c1c(C)nc2ccccn12. The van der Waals surface area contributed by atoms with E-state index in [1.165, 1.54) is 11.3 Å². The van der Waals surface area contributed by atoms with Crippen LogP contribution in [0, 0.1) is 6.92 Å². The Balaban J connectivity index is 1.92. The molecule has 1 N–H and O–H groups in total. The molecule has 0 saturated carbocycles. The molecular weight excluding hydrogens is 314 g/mol. The van der Waals surface area contributed by atoms with Crippen molar-refractivity contribution >= 4 is 33.9 Å². The lowest BCUT2D eigenvalue weighted by Gasteiger charge is -2.06. The van der Waals surface area contributed by atoms with Crippen LogP contribution in [-0.4, -0.2) is 27.9 Å². The number of amides is 1.